The molecule has 0 heterocycles. The van der Waals surface area contributed by atoms with Gasteiger partial charge in [-0.3, -0.25) is 0 Å². The van der Waals surface area contributed by atoms with Crippen LogP contribution in [0.25, 0.3) is 21.9 Å². The highest BCUT2D eigenvalue weighted by Crippen LogP contribution is 2.33. The summed E-state index contributed by atoms with van der Waals surface area (Å²) in [6.07, 6.45) is 0. The number of benzene rings is 3. The topological polar surface area (TPSA) is 0 Å². The van der Waals surface area contributed by atoms with Crippen molar-refractivity contribution in [1.29, 1.82) is 0 Å². The lowest BCUT2D eigenvalue weighted by atomic mass is 9.98. The minimum absolute atomic E-state index is 0.796. The van der Waals surface area contributed by atoms with Gasteiger partial charge in [0.1, 0.15) is 0 Å². The summed E-state index contributed by atoms with van der Waals surface area (Å²) < 4.78 is 1.08. The van der Waals surface area contributed by atoms with Crippen LogP contribution >= 0.6 is 27.5 Å². The summed E-state index contributed by atoms with van der Waals surface area (Å²) in [4.78, 5) is 0. The van der Waals surface area contributed by atoms with Gasteiger partial charge in [-0.05, 0) is 34.7 Å². The Kier molecular flexibility index (Phi) is 3.11. The first-order valence-electron chi connectivity index (χ1n) is 5.69. The summed E-state index contributed by atoms with van der Waals surface area (Å²) in [5, 5.41) is 3.07. The average molecular weight is 318 g/mol. The molecule has 0 spiro atoms. The monoisotopic (exact) mass is 316 g/mol. The van der Waals surface area contributed by atoms with Gasteiger partial charge in [-0.1, -0.05) is 70.0 Å². The van der Waals surface area contributed by atoms with Gasteiger partial charge in [0.15, 0.2) is 0 Å². The van der Waals surface area contributed by atoms with E-state index in [4.69, 9.17) is 11.6 Å². The molecule has 88 valence electrons. The van der Waals surface area contributed by atoms with Crippen molar-refractivity contribution in [1.82, 2.24) is 0 Å². The Hall–Kier alpha value is -1.31. The lowest BCUT2D eigenvalue weighted by molar-refractivity contribution is 1.62. The molecule has 0 aliphatic rings. The molecule has 0 fully saturated rings. The van der Waals surface area contributed by atoms with E-state index in [-0.39, 0.29) is 0 Å². The molecule has 0 radical (unpaired) electrons. The smallest absolute Gasteiger partial charge is 0.0484 e. The molecule has 0 atom stereocenters. The molecule has 3 aromatic rings. The van der Waals surface area contributed by atoms with Crippen molar-refractivity contribution in [3.8, 4) is 11.1 Å². The van der Waals surface area contributed by atoms with Gasteiger partial charge in [0, 0.05) is 14.9 Å². The zero-order valence-electron chi connectivity index (χ0n) is 9.53. The van der Waals surface area contributed by atoms with Gasteiger partial charge in [0.2, 0.25) is 0 Å². The molecule has 0 aliphatic heterocycles. The van der Waals surface area contributed by atoms with Crippen LogP contribution in [0.5, 0.6) is 0 Å². The number of rotatable bonds is 1. The minimum Gasteiger partial charge on any atom is -0.0837 e. The highest BCUT2D eigenvalue weighted by Gasteiger charge is 2.05. The van der Waals surface area contributed by atoms with Crippen LogP contribution in [0.2, 0.25) is 5.02 Å². The molecule has 0 bridgehead atoms. The zero-order chi connectivity index (χ0) is 12.5. The van der Waals surface area contributed by atoms with Crippen molar-refractivity contribution < 1.29 is 0 Å². The fourth-order valence-corrected chi connectivity index (χ4v) is 2.82. The number of fused-ring (bicyclic) bond motifs is 1. The highest BCUT2D eigenvalue weighted by atomic mass is 79.9. The van der Waals surface area contributed by atoms with E-state index < -0.39 is 0 Å². The standard InChI is InChI=1S/C16H10BrCl/c17-12-5-1-4-11(10-12)13-6-2-8-15-14(13)7-3-9-16(15)18/h1-10H. The second-order valence-corrected chi connectivity index (χ2v) is 5.47. The first-order valence-corrected chi connectivity index (χ1v) is 6.86. The molecule has 0 saturated carbocycles. The Morgan fingerprint density at radius 1 is 0.778 bits per heavy atom. The first-order chi connectivity index (χ1) is 8.75. The van der Waals surface area contributed by atoms with Crippen LogP contribution < -0.4 is 0 Å². The fraction of sp³-hybridized carbons (Fsp3) is 0. The molecule has 0 N–H and O–H groups in total. The van der Waals surface area contributed by atoms with Gasteiger partial charge in [-0.25, -0.2) is 0 Å². The van der Waals surface area contributed by atoms with Crippen molar-refractivity contribution in [2.45, 2.75) is 0 Å². The molecule has 3 aromatic carbocycles. The molecule has 0 amide bonds. The van der Waals surface area contributed by atoms with E-state index in [2.05, 4.69) is 46.3 Å². The number of hydrogen-bond donors (Lipinski definition) is 0. The maximum Gasteiger partial charge on any atom is 0.0484 e. The van der Waals surface area contributed by atoms with Crippen LogP contribution in [0, 0.1) is 0 Å². The van der Waals surface area contributed by atoms with Crippen LogP contribution in [0.15, 0.2) is 65.1 Å². The van der Waals surface area contributed by atoms with Crippen LogP contribution in [0.3, 0.4) is 0 Å². The van der Waals surface area contributed by atoms with E-state index >= 15 is 0 Å². The Labute approximate surface area is 119 Å². The number of halogens is 2. The Morgan fingerprint density at radius 3 is 2.33 bits per heavy atom. The third-order valence-corrected chi connectivity index (χ3v) is 3.83. The normalized spacial score (nSPS) is 10.8. The molecule has 0 unspecified atom stereocenters. The lowest BCUT2D eigenvalue weighted by Gasteiger charge is -2.08. The molecule has 0 saturated heterocycles. The van der Waals surface area contributed by atoms with Crippen LogP contribution in [0.4, 0.5) is 0 Å². The van der Waals surface area contributed by atoms with Crippen LogP contribution in [0.1, 0.15) is 0 Å². The first kappa shape index (κ1) is 11.8. The summed E-state index contributed by atoms with van der Waals surface area (Å²) in [6, 6.07) is 20.6. The third-order valence-electron chi connectivity index (χ3n) is 3.00. The van der Waals surface area contributed by atoms with Crippen molar-refractivity contribution in [3.05, 3.63) is 70.2 Å². The Morgan fingerprint density at radius 2 is 1.50 bits per heavy atom. The maximum atomic E-state index is 6.24. The maximum absolute atomic E-state index is 6.24. The molecular weight excluding hydrogens is 308 g/mol. The summed E-state index contributed by atoms with van der Waals surface area (Å²) in [5.41, 5.74) is 2.40. The molecule has 3 rings (SSSR count). The fourth-order valence-electron chi connectivity index (χ4n) is 2.18. The van der Waals surface area contributed by atoms with Crippen molar-refractivity contribution >= 4 is 38.3 Å². The summed E-state index contributed by atoms with van der Waals surface area (Å²) >= 11 is 9.75. The highest BCUT2D eigenvalue weighted by molar-refractivity contribution is 9.10. The van der Waals surface area contributed by atoms with E-state index in [1.54, 1.807) is 0 Å². The van der Waals surface area contributed by atoms with Gasteiger partial charge in [0.25, 0.3) is 0 Å². The van der Waals surface area contributed by atoms with Gasteiger partial charge in [-0.15, -0.1) is 0 Å². The largest absolute Gasteiger partial charge is 0.0837 e. The van der Waals surface area contributed by atoms with E-state index in [9.17, 15) is 0 Å². The molecule has 0 aliphatic carbocycles. The predicted molar refractivity (Wildman–Crippen MR) is 82.1 cm³/mol. The minimum atomic E-state index is 0.796. The van der Waals surface area contributed by atoms with Gasteiger partial charge in [-0.2, -0.15) is 0 Å². The molecule has 18 heavy (non-hydrogen) atoms. The van der Waals surface area contributed by atoms with Crippen LogP contribution in [-0.4, -0.2) is 0 Å². The van der Waals surface area contributed by atoms with Crippen LogP contribution in [-0.2, 0) is 0 Å². The third kappa shape index (κ3) is 2.05. The molecule has 0 nitrogen and oxygen atoms in total. The van der Waals surface area contributed by atoms with Gasteiger partial charge < -0.3 is 0 Å². The summed E-state index contributed by atoms with van der Waals surface area (Å²) in [6.45, 7) is 0. The predicted octanol–water partition coefficient (Wildman–Crippen LogP) is 5.92. The van der Waals surface area contributed by atoms with E-state index in [1.165, 1.54) is 16.5 Å². The SMILES string of the molecule is Clc1cccc2c(-c3cccc(Br)c3)cccc12. The van der Waals surface area contributed by atoms with Crippen molar-refractivity contribution in [3.63, 3.8) is 0 Å². The van der Waals surface area contributed by atoms with Gasteiger partial charge >= 0.3 is 0 Å². The van der Waals surface area contributed by atoms with E-state index in [0.717, 1.165) is 14.9 Å². The molecule has 2 heteroatoms. The average Bonchev–Trinajstić information content (AvgIpc) is 2.39. The summed E-state index contributed by atoms with van der Waals surface area (Å²) in [5.74, 6) is 0. The molecule has 0 aromatic heterocycles. The quantitative estimate of drug-likeness (QED) is 0.522. The second kappa shape index (κ2) is 4.75. The van der Waals surface area contributed by atoms with Gasteiger partial charge in [0.05, 0.1) is 0 Å². The number of hydrogen-bond acceptors (Lipinski definition) is 0. The summed E-state index contributed by atoms with van der Waals surface area (Å²) in [7, 11) is 0. The second-order valence-electron chi connectivity index (χ2n) is 4.15. The van der Waals surface area contributed by atoms with Crippen molar-refractivity contribution in [2.24, 2.45) is 0 Å². The molecular formula is C16H10BrCl. The lowest BCUT2D eigenvalue weighted by Crippen LogP contribution is -1.82. The Bertz CT molecular complexity index is 719. The van der Waals surface area contributed by atoms with E-state index in [0.29, 0.717) is 0 Å². The zero-order valence-corrected chi connectivity index (χ0v) is 11.9. The van der Waals surface area contributed by atoms with Crippen molar-refractivity contribution in [2.75, 3.05) is 0 Å². The van der Waals surface area contributed by atoms with E-state index in [1.807, 2.05) is 30.3 Å². The Balaban J connectivity index is 2.33.